The van der Waals surface area contributed by atoms with Crippen molar-refractivity contribution < 1.29 is 82.8 Å². The molecule has 0 unspecified atom stereocenters. The monoisotopic (exact) mass is 1330 g/mol. The van der Waals surface area contributed by atoms with E-state index in [4.69, 9.17) is 22.9 Å². The molecule has 3 rings (SSSR count). The number of guanidine groups is 1. The number of aliphatic carboxylic acids is 1. The van der Waals surface area contributed by atoms with Crippen molar-refractivity contribution in [2.45, 2.75) is 211 Å². The Hall–Kier alpha value is -9.36. The number of aliphatic hydroxyl groups excluding tert-OH is 3. The van der Waals surface area contributed by atoms with E-state index in [9.17, 15) is 82.8 Å². The molecular formula is C57H94N20O17. The van der Waals surface area contributed by atoms with Gasteiger partial charge in [0.2, 0.25) is 70.9 Å². The average molecular weight is 1330 g/mol. The number of hydrogen-bond donors (Lipinski definition) is 20. The fraction of sp³-hybridized carbons (Fsp3) is 0.649. The molecular weight excluding hydrogens is 1240 g/mol. The van der Waals surface area contributed by atoms with Gasteiger partial charge in [0.1, 0.15) is 66.5 Å². The van der Waals surface area contributed by atoms with Gasteiger partial charge in [0.15, 0.2) is 5.96 Å². The number of amides is 12. The molecule has 1 saturated heterocycles. The first-order valence-electron chi connectivity index (χ1n) is 30.7. The second-order valence-corrected chi connectivity index (χ2v) is 24.0. The summed E-state index contributed by atoms with van der Waals surface area (Å²) in [6.45, 7) is 13.2. The van der Waals surface area contributed by atoms with Crippen LogP contribution in [0.2, 0.25) is 0 Å². The molecule has 0 saturated carbocycles. The van der Waals surface area contributed by atoms with Crippen molar-refractivity contribution in [2.24, 2.45) is 39.8 Å². The van der Waals surface area contributed by atoms with Crippen LogP contribution in [0.5, 0.6) is 0 Å². The quantitative estimate of drug-likeness (QED) is 0.0168. The van der Waals surface area contributed by atoms with Gasteiger partial charge in [-0.3, -0.25) is 67.3 Å². The van der Waals surface area contributed by atoms with E-state index in [2.05, 4.69) is 78.1 Å². The van der Waals surface area contributed by atoms with E-state index in [-0.39, 0.29) is 75.1 Å². The molecule has 24 N–H and O–H groups in total. The molecule has 37 nitrogen and oxygen atoms in total. The largest absolute Gasteiger partial charge is 0.481 e. The van der Waals surface area contributed by atoms with Crippen molar-refractivity contribution >= 4 is 82.8 Å². The van der Waals surface area contributed by atoms with E-state index >= 15 is 0 Å². The van der Waals surface area contributed by atoms with Crippen LogP contribution in [0.25, 0.3) is 0 Å². The summed E-state index contributed by atoms with van der Waals surface area (Å²) in [4.78, 5) is 195. The van der Waals surface area contributed by atoms with E-state index in [0.29, 0.717) is 18.5 Å². The highest BCUT2D eigenvalue weighted by Crippen LogP contribution is 2.21. The Kier molecular flexibility index (Phi) is 31.9. The molecule has 0 bridgehead atoms. The van der Waals surface area contributed by atoms with Crippen molar-refractivity contribution in [1.82, 2.24) is 78.0 Å². The molecule has 3 heterocycles. The number of H-pyrrole nitrogens is 2. The molecule has 0 spiro atoms. The number of carboxylic acids is 1. The van der Waals surface area contributed by atoms with E-state index in [1.807, 2.05) is 13.8 Å². The molecule has 2 aromatic rings. The lowest BCUT2D eigenvalue weighted by Gasteiger charge is -2.31. The molecule has 0 aliphatic carbocycles. The SMILES string of the molecule is CC(C)C[C@H](NC(=O)[C@@H](N)CC(C)C)C(=O)N[C@@H](C)C(=O)N[C@@H](CC(=O)O)C(=O)N[C@H](C(=O)N[C@H](C(=O)N[C@@H](Cc1cnc[nH]1)C(=O)N[C@@H](Cc1cnc[nH]1)C(=O)N[C@@H](CCCN=C(N)N)C(=O)N1CCC[C@H]1C(=O)N[C@@H](C)C(=O)N[C@H](C(N)=O)[C@@H](C)O)[C@@H](C)O)[C@@H](C)O. The van der Waals surface area contributed by atoms with Gasteiger partial charge in [0.25, 0.3) is 0 Å². The Morgan fingerprint density at radius 1 is 0.553 bits per heavy atom. The zero-order valence-electron chi connectivity index (χ0n) is 54.1. The number of carbonyl (C=O) groups is 13. The highest BCUT2D eigenvalue weighted by Gasteiger charge is 2.41. The van der Waals surface area contributed by atoms with Gasteiger partial charge in [0.05, 0.1) is 43.4 Å². The summed E-state index contributed by atoms with van der Waals surface area (Å²) in [6.07, 6.45) is -0.764. The van der Waals surface area contributed by atoms with E-state index in [1.165, 1.54) is 50.7 Å². The van der Waals surface area contributed by atoms with Crippen LogP contribution in [-0.2, 0) is 75.2 Å². The highest BCUT2D eigenvalue weighted by atomic mass is 16.4. The Bertz CT molecular complexity index is 2940. The van der Waals surface area contributed by atoms with E-state index in [1.54, 1.807) is 13.8 Å². The lowest BCUT2D eigenvalue weighted by Crippen LogP contribution is -2.63. The van der Waals surface area contributed by atoms with Crippen LogP contribution in [0.1, 0.15) is 119 Å². The molecule has 12 amide bonds. The van der Waals surface area contributed by atoms with Crippen LogP contribution in [0.3, 0.4) is 0 Å². The molecule has 1 fully saturated rings. The maximum atomic E-state index is 14.6. The molecule has 15 atom stereocenters. The molecule has 2 aromatic heterocycles. The summed E-state index contributed by atoms with van der Waals surface area (Å²) in [7, 11) is 0. The number of aliphatic hydroxyl groups is 3. The second kappa shape index (κ2) is 38.0. The Balaban J connectivity index is 1.89. The number of aliphatic imine (C=N–C) groups is 1. The molecule has 1 aliphatic heterocycles. The number of primary amides is 1. The zero-order valence-corrected chi connectivity index (χ0v) is 54.1. The third kappa shape index (κ3) is 26.0. The van der Waals surface area contributed by atoms with E-state index < -0.39 is 174 Å². The summed E-state index contributed by atoms with van der Waals surface area (Å²) in [6, 6.07) is -18.2. The Morgan fingerprint density at radius 2 is 0.989 bits per heavy atom. The minimum Gasteiger partial charge on any atom is -0.481 e. The Morgan fingerprint density at radius 3 is 1.47 bits per heavy atom. The third-order valence-corrected chi connectivity index (χ3v) is 14.8. The lowest BCUT2D eigenvalue weighted by molar-refractivity contribution is -0.142. The summed E-state index contributed by atoms with van der Waals surface area (Å²) < 4.78 is 0. The fourth-order valence-electron chi connectivity index (χ4n) is 9.77. The highest BCUT2D eigenvalue weighted by molar-refractivity contribution is 6.00. The van der Waals surface area contributed by atoms with Crippen LogP contribution in [-0.4, -0.2) is 232 Å². The van der Waals surface area contributed by atoms with Gasteiger partial charge in [-0.05, 0) is 85.0 Å². The summed E-state index contributed by atoms with van der Waals surface area (Å²) in [5.41, 5.74) is 22.9. The number of carbonyl (C=O) groups excluding carboxylic acids is 12. The number of aromatic amines is 2. The van der Waals surface area contributed by atoms with Crippen LogP contribution < -0.4 is 76.1 Å². The molecule has 0 aromatic carbocycles. The number of carboxylic acid groups (broad SMARTS) is 1. The number of imidazole rings is 2. The van der Waals surface area contributed by atoms with Gasteiger partial charge in [-0.2, -0.15) is 0 Å². The van der Waals surface area contributed by atoms with Crippen molar-refractivity contribution in [3.05, 3.63) is 36.4 Å². The number of rotatable bonds is 39. The zero-order chi connectivity index (χ0) is 70.8. The van der Waals surface area contributed by atoms with Crippen LogP contribution in [0.15, 0.2) is 30.0 Å². The van der Waals surface area contributed by atoms with Crippen LogP contribution in [0.4, 0.5) is 0 Å². The van der Waals surface area contributed by atoms with Crippen LogP contribution >= 0.6 is 0 Å². The van der Waals surface area contributed by atoms with E-state index in [0.717, 1.165) is 13.8 Å². The molecule has 524 valence electrons. The van der Waals surface area contributed by atoms with Crippen molar-refractivity contribution in [1.29, 1.82) is 0 Å². The normalized spacial score (nSPS) is 17.4. The maximum absolute atomic E-state index is 14.6. The fourth-order valence-corrected chi connectivity index (χ4v) is 9.77. The first-order chi connectivity index (χ1) is 44.0. The predicted molar refractivity (Wildman–Crippen MR) is 333 cm³/mol. The predicted octanol–water partition coefficient (Wildman–Crippen LogP) is -7.63. The molecule has 0 radical (unpaired) electrons. The first kappa shape index (κ1) is 78.9. The number of likely N-dealkylation sites (tertiary alicyclic amines) is 1. The number of nitrogens with zero attached hydrogens (tertiary/aromatic N) is 4. The number of nitrogens with two attached hydrogens (primary N) is 4. The standard InChI is InChI=1S/C57H94N20O17/c1-25(2)16-34(58)48(86)71-36(17-26(3)4)49(87)67-27(5)46(84)70-39(20-41(81)82)52(90)75-44(31(9)80)55(93)76-43(30(8)79)54(92)73-38(19-33-22-63-24-66-33)51(89)72-37(18-32-21-62-23-65-32)50(88)69-35(12-10-14-64-57(60)61)56(94)77-15-11-13-40(77)53(91)68-28(6)47(85)74-42(29(7)78)45(59)83/h21-31,34-40,42-44,78-80H,10-20,58H2,1-9H3,(H2,59,83)(H,62,65)(H,63,66)(H,67,87)(H,68,91)(H,69,88)(H,70,84)(H,71,86)(H,72,89)(H,73,92)(H,74,85)(H,75,90)(H,76,93)(H,81,82)(H4,60,61,64)/t27-,28-,29+,30+,31+,34-,35-,36-,37-,38-,39-,40-,42-,43-,44-/m0/s1. The van der Waals surface area contributed by atoms with Gasteiger partial charge in [-0.1, -0.05) is 27.7 Å². The molecule has 94 heavy (non-hydrogen) atoms. The summed E-state index contributed by atoms with van der Waals surface area (Å²) >= 11 is 0. The van der Waals surface area contributed by atoms with Crippen LogP contribution in [0, 0.1) is 11.8 Å². The number of aromatic nitrogens is 4. The minimum absolute atomic E-state index is 0.0151. The maximum Gasteiger partial charge on any atom is 0.305 e. The van der Waals surface area contributed by atoms with Crippen molar-refractivity contribution in [3.63, 3.8) is 0 Å². The molecule has 1 aliphatic rings. The number of nitrogens with one attached hydrogen (secondary N) is 12. The van der Waals surface area contributed by atoms with Crippen molar-refractivity contribution in [3.8, 4) is 0 Å². The van der Waals surface area contributed by atoms with Gasteiger partial charge in [-0.25, -0.2) is 9.97 Å². The topological polar surface area (TPSA) is 600 Å². The van der Waals surface area contributed by atoms with Gasteiger partial charge >= 0.3 is 5.97 Å². The van der Waals surface area contributed by atoms with Gasteiger partial charge < -0.3 is 111 Å². The summed E-state index contributed by atoms with van der Waals surface area (Å²) in [5, 5.41) is 65.5. The molecule has 37 heteroatoms. The second-order valence-electron chi connectivity index (χ2n) is 24.0. The smallest absolute Gasteiger partial charge is 0.305 e. The lowest BCUT2D eigenvalue weighted by atomic mass is 10.0. The van der Waals surface area contributed by atoms with Gasteiger partial charge in [0, 0.05) is 49.7 Å². The first-order valence-corrected chi connectivity index (χ1v) is 30.7. The van der Waals surface area contributed by atoms with Gasteiger partial charge in [-0.15, -0.1) is 0 Å². The number of hydrogen-bond acceptors (Lipinski definition) is 20. The minimum atomic E-state index is -2.03. The van der Waals surface area contributed by atoms with Crippen molar-refractivity contribution in [2.75, 3.05) is 13.1 Å². The Labute approximate surface area is 542 Å². The summed E-state index contributed by atoms with van der Waals surface area (Å²) in [5.74, 6) is -13.8. The third-order valence-electron chi connectivity index (χ3n) is 14.8. The average Bonchev–Trinajstić information content (AvgIpc) is 1.55.